The SMILES string of the molecule is C=CCP(=O)(CC(C)CC(C)(C)C)C(=O)c1c(C)cc(C)cc1C. The van der Waals surface area contributed by atoms with E-state index in [-0.39, 0.29) is 23.0 Å². The molecule has 0 amide bonds. The molecule has 0 heterocycles. The van der Waals surface area contributed by atoms with E-state index in [1.807, 2.05) is 32.9 Å². The Morgan fingerprint density at radius 3 is 2.12 bits per heavy atom. The summed E-state index contributed by atoms with van der Waals surface area (Å²) in [5, 5.41) is 0. The first-order chi connectivity index (χ1) is 10.9. The molecule has 0 bridgehead atoms. The third-order valence-electron chi connectivity index (χ3n) is 4.25. The van der Waals surface area contributed by atoms with Crippen LogP contribution in [0, 0.1) is 32.1 Å². The second-order valence-electron chi connectivity index (χ2n) is 8.49. The molecule has 0 saturated carbocycles. The Bertz CT molecular complexity index is 642. The standard InChI is InChI=1S/C21H33O2P/c1-9-10-24(23,14-16(3)13-21(6,7)8)20(22)19-17(4)11-15(2)12-18(19)5/h9,11-12,16H,1,10,13-14H2,2-8H3. The molecule has 1 aromatic rings. The Morgan fingerprint density at radius 2 is 1.71 bits per heavy atom. The molecule has 24 heavy (non-hydrogen) atoms. The zero-order chi connectivity index (χ0) is 18.7. The monoisotopic (exact) mass is 348 g/mol. The number of hydrogen-bond donors (Lipinski definition) is 0. The van der Waals surface area contributed by atoms with Crippen LogP contribution >= 0.6 is 7.14 Å². The fourth-order valence-corrected chi connectivity index (χ4v) is 6.58. The van der Waals surface area contributed by atoms with E-state index in [0.29, 0.717) is 11.7 Å². The van der Waals surface area contributed by atoms with Crippen molar-refractivity contribution in [2.24, 2.45) is 11.3 Å². The normalized spacial score (nSPS) is 15.6. The van der Waals surface area contributed by atoms with Gasteiger partial charge < -0.3 is 4.57 Å². The molecule has 0 saturated heterocycles. The van der Waals surface area contributed by atoms with Gasteiger partial charge in [0.2, 0.25) is 5.52 Å². The summed E-state index contributed by atoms with van der Waals surface area (Å²) < 4.78 is 13.6. The zero-order valence-electron chi connectivity index (χ0n) is 16.4. The van der Waals surface area contributed by atoms with Gasteiger partial charge in [-0.2, -0.15) is 0 Å². The quantitative estimate of drug-likeness (QED) is 0.423. The molecule has 2 atom stereocenters. The van der Waals surface area contributed by atoms with E-state index in [4.69, 9.17) is 0 Å². The van der Waals surface area contributed by atoms with E-state index < -0.39 is 7.14 Å². The molecule has 1 aromatic carbocycles. The zero-order valence-corrected chi connectivity index (χ0v) is 17.3. The highest BCUT2D eigenvalue weighted by Gasteiger charge is 2.35. The van der Waals surface area contributed by atoms with Crippen LogP contribution in [-0.2, 0) is 4.57 Å². The molecule has 2 unspecified atom stereocenters. The van der Waals surface area contributed by atoms with Crippen LogP contribution in [0.15, 0.2) is 24.8 Å². The van der Waals surface area contributed by atoms with Crippen LogP contribution in [0.5, 0.6) is 0 Å². The van der Waals surface area contributed by atoms with Crippen molar-refractivity contribution in [2.45, 2.75) is 54.9 Å². The molecule has 134 valence electrons. The number of hydrogen-bond acceptors (Lipinski definition) is 2. The van der Waals surface area contributed by atoms with Gasteiger partial charge in [-0.25, -0.2) is 0 Å². The van der Waals surface area contributed by atoms with Crippen molar-refractivity contribution in [3.63, 3.8) is 0 Å². The summed E-state index contributed by atoms with van der Waals surface area (Å²) in [7, 11) is -3.00. The van der Waals surface area contributed by atoms with Crippen LogP contribution in [0.2, 0.25) is 0 Å². The van der Waals surface area contributed by atoms with Crippen LogP contribution in [0.25, 0.3) is 0 Å². The van der Waals surface area contributed by atoms with E-state index in [1.165, 1.54) is 0 Å². The fourth-order valence-electron chi connectivity index (χ4n) is 3.78. The predicted molar refractivity (Wildman–Crippen MR) is 106 cm³/mol. The lowest BCUT2D eigenvalue weighted by atomic mass is 9.86. The molecule has 0 aliphatic carbocycles. The van der Waals surface area contributed by atoms with Crippen LogP contribution in [0.3, 0.4) is 0 Å². The third kappa shape index (κ3) is 5.45. The first kappa shape index (κ1) is 20.9. The lowest BCUT2D eigenvalue weighted by Crippen LogP contribution is -2.18. The molecule has 0 aliphatic rings. The van der Waals surface area contributed by atoms with Crippen LogP contribution in [0.1, 0.15) is 61.2 Å². The van der Waals surface area contributed by atoms with E-state index in [1.54, 1.807) is 6.08 Å². The van der Waals surface area contributed by atoms with E-state index >= 15 is 0 Å². The smallest absolute Gasteiger partial charge is 0.222 e. The third-order valence-corrected chi connectivity index (χ3v) is 7.28. The van der Waals surface area contributed by atoms with E-state index in [0.717, 1.165) is 23.1 Å². The highest BCUT2D eigenvalue weighted by atomic mass is 31.2. The largest absolute Gasteiger partial charge is 0.315 e. The number of carbonyl (C=O) groups excluding carboxylic acids is 1. The van der Waals surface area contributed by atoms with Crippen molar-refractivity contribution in [3.05, 3.63) is 47.0 Å². The van der Waals surface area contributed by atoms with Gasteiger partial charge in [0, 0.05) is 17.9 Å². The van der Waals surface area contributed by atoms with Crippen molar-refractivity contribution in [3.8, 4) is 0 Å². The van der Waals surface area contributed by atoms with E-state index in [2.05, 4.69) is 34.3 Å². The van der Waals surface area contributed by atoms with Gasteiger partial charge in [0.1, 0.15) is 0 Å². The maximum Gasteiger partial charge on any atom is 0.222 e. The van der Waals surface area contributed by atoms with Crippen molar-refractivity contribution in [2.75, 3.05) is 12.3 Å². The maximum absolute atomic E-state index is 13.6. The number of rotatable bonds is 7. The first-order valence-corrected chi connectivity index (χ1v) is 10.8. The van der Waals surface area contributed by atoms with Gasteiger partial charge in [0.25, 0.3) is 0 Å². The van der Waals surface area contributed by atoms with Gasteiger partial charge in [-0.3, -0.25) is 4.79 Å². The summed E-state index contributed by atoms with van der Waals surface area (Å²) >= 11 is 0. The Morgan fingerprint density at radius 1 is 1.21 bits per heavy atom. The second-order valence-corrected chi connectivity index (χ2v) is 11.4. The highest BCUT2D eigenvalue weighted by molar-refractivity contribution is 7.81. The van der Waals surface area contributed by atoms with Crippen LogP contribution in [-0.4, -0.2) is 17.8 Å². The average Bonchev–Trinajstić information content (AvgIpc) is 2.34. The summed E-state index contributed by atoms with van der Waals surface area (Å²) in [6.07, 6.45) is 3.34. The molecule has 0 aliphatic heterocycles. The first-order valence-electron chi connectivity index (χ1n) is 8.71. The molecule has 0 fully saturated rings. The molecule has 2 nitrogen and oxygen atoms in total. The summed E-state index contributed by atoms with van der Waals surface area (Å²) in [6, 6.07) is 3.99. The maximum atomic E-state index is 13.6. The minimum absolute atomic E-state index is 0.164. The molecular formula is C21H33O2P. The Balaban J connectivity index is 3.22. The summed E-state index contributed by atoms with van der Waals surface area (Å²) in [6.45, 7) is 18.3. The van der Waals surface area contributed by atoms with Gasteiger partial charge in [-0.05, 0) is 49.7 Å². The van der Waals surface area contributed by atoms with Crippen LogP contribution in [0.4, 0.5) is 0 Å². The van der Waals surface area contributed by atoms with E-state index in [9.17, 15) is 9.36 Å². The number of benzene rings is 1. The average molecular weight is 348 g/mol. The molecule has 0 radical (unpaired) electrons. The topological polar surface area (TPSA) is 34.1 Å². The Kier molecular flexibility index (Phi) is 6.82. The summed E-state index contributed by atoms with van der Waals surface area (Å²) in [5.41, 5.74) is 3.61. The lowest BCUT2D eigenvalue weighted by molar-refractivity contribution is 0.107. The van der Waals surface area contributed by atoms with Gasteiger partial charge in [-0.1, -0.05) is 51.5 Å². The number of allylic oxidation sites excluding steroid dienone is 1. The molecule has 3 heteroatoms. The van der Waals surface area contributed by atoms with Gasteiger partial charge in [0.05, 0.1) is 0 Å². The minimum atomic E-state index is -3.00. The number of carbonyl (C=O) groups is 1. The Hall–Kier alpha value is -1.14. The summed E-state index contributed by atoms with van der Waals surface area (Å²) in [5.74, 6) is 0.241. The number of aryl methyl sites for hydroxylation is 3. The molecule has 0 aromatic heterocycles. The van der Waals surface area contributed by atoms with Crippen LogP contribution < -0.4 is 0 Å². The fraction of sp³-hybridized carbons (Fsp3) is 0.571. The van der Waals surface area contributed by atoms with Crippen molar-refractivity contribution in [1.82, 2.24) is 0 Å². The van der Waals surface area contributed by atoms with Gasteiger partial charge >= 0.3 is 0 Å². The molecule has 0 spiro atoms. The molecule has 0 N–H and O–H groups in total. The predicted octanol–water partition coefficient (Wildman–Crippen LogP) is 6.37. The minimum Gasteiger partial charge on any atom is -0.315 e. The highest BCUT2D eigenvalue weighted by Crippen LogP contribution is 2.52. The van der Waals surface area contributed by atoms with Crippen molar-refractivity contribution in [1.29, 1.82) is 0 Å². The molecule has 1 rings (SSSR count). The van der Waals surface area contributed by atoms with Gasteiger partial charge in [0.15, 0.2) is 7.14 Å². The summed E-state index contributed by atoms with van der Waals surface area (Å²) in [4.78, 5) is 13.2. The van der Waals surface area contributed by atoms with Crippen molar-refractivity contribution < 1.29 is 9.36 Å². The van der Waals surface area contributed by atoms with Gasteiger partial charge in [-0.15, -0.1) is 6.58 Å². The van der Waals surface area contributed by atoms with Crippen molar-refractivity contribution >= 4 is 12.7 Å². The second kappa shape index (κ2) is 7.83. The molecular weight excluding hydrogens is 315 g/mol. The lowest BCUT2D eigenvalue weighted by Gasteiger charge is -2.26. The Labute approximate surface area is 148 Å².